The van der Waals surface area contributed by atoms with Gasteiger partial charge in [-0.05, 0) is 87.8 Å². The molecule has 0 fully saturated rings. The molecule has 0 atom stereocenters. The highest BCUT2D eigenvalue weighted by atomic mass is 16.5. The van der Waals surface area contributed by atoms with E-state index in [4.69, 9.17) is 9.15 Å². The number of ether oxygens (including phenoxy) is 1. The number of rotatable bonds is 5. The van der Waals surface area contributed by atoms with E-state index in [9.17, 15) is 0 Å². The van der Waals surface area contributed by atoms with Crippen LogP contribution in [0.15, 0.2) is 180 Å². The fraction of sp³-hybridized carbons (Fsp3) is 0. The summed E-state index contributed by atoms with van der Waals surface area (Å²) in [5.41, 5.74) is 11.8. The number of anilines is 3. The average Bonchev–Trinajstić information content (AvgIpc) is 3.55. The molecule has 2 heterocycles. The minimum absolute atomic E-state index is 0.836. The molecule has 0 saturated heterocycles. The second-order valence-corrected chi connectivity index (χ2v) is 12.5. The number of benzene rings is 8. The lowest BCUT2D eigenvalue weighted by atomic mass is 9.90. The molecule has 8 aromatic carbocycles. The zero-order valence-electron chi connectivity index (χ0n) is 26.5. The van der Waals surface area contributed by atoms with Gasteiger partial charge in [0.25, 0.3) is 0 Å². The maximum absolute atomic E-state index is 6.76. The lowest BCUT2D eigenvalue weighted by molar-refractivity contribution is 0.487. The Morgan fingerprint density at radius 2 is 1.10 bits per heavy atom. The van der Waals surface area contributed by atoms with Gasteiger partial charge in [0.2, 0.25) is 0 Å². The molecular formula is C46H29NO2. The van der Waals surface area contributed by atoms with E-state index in [-0.39, 0.29) is 0 Å². The Morgan fingerprint density at radius 1 is 0.367 bits per heavy atom. The summed E-state index contributed by atoms with van der Waals surface area (Å²) in [7, 11) is 0. The third-order valence-corrected chi connectivity index (χ3v) is 9.66. The Morgan fingerprint density at radius 3 is 1.92 bits per heavy atom. The molecule has 230 valence electrons. The molecule has 9 aromatic rings. The molecule has 0 N–H and O–H groups in total. The Kier molecular flexibility index (Phi) is 6.18. The van der Waals surface area contributed by atoms with Gasteiger partial charge < -0.3 is 14.1 Å². The van der Waals surface area contributed by atoms with Crippen molar-refractivity contribution in [2.24, 2.45) is 0 Å². The predicted molar refractivity (Wildman–Crippen MR) is 202 cm³/mol. The van der Waals surface area contributed by atoms with Gasteiger partial charge in [-0.3, -0.25) is 0 Å². The quantitative estimate of drug-likeness (QED) is 0.190. The Labute approximate surface area is 283 Å². The van der Waals surface area contributed by atoms with E-state index >= 15 is 0 Å². The van der Waals surface area contributed by atoms with Gasteiger partial charge in [-0.25, -0.2) is 0 Å². The molecule has 1 aliphatic rings. The molecule has 0 spiro atoms. The van der Waals surface area contributed by atoms with E-state index in [2.05, 4.69) is 175 Å². The smallest absolute Gasteiger partial charge is 0.137 e. The van der Waals surface area contributed by atoms with Crippen LogP contribution in [0.25, 0.3) is 66.1 Å². The molecule has 0 amide bonds. The first-order chi connectivity index (χ1) is 24.3. The average molecular weight is 628 g/mol. The number of nitrogens with zero attached hydrogens (tertiary/aromatic N) is 1. The van der Waals surface area contributed by atoms with Crippen molar-refractivity contribution in [1.82, 2.24) is 0 Å². The molecule has 3 heteroatoms. The van der Waals surface area contributed by atoms with Crippen LogP contribution in [0.4, 0.5) is 17.1 Å². The topological polar surface area (TPSA) is 25.6 Å². The van der Waals surface area contributed by atoms with Crippen molar-refractivity contribution in [3.05, 3.63) is 176 Å². The standard InChI is InChI=1S/C46H29NO2/c1-4-12-30(13-5-1)32-22-24-39-43(28-32)48-41-21-11-20-40(46(39)41)47(33-16-8-3-9-17-33)34-23-25-36-38-19-10-18-37-35(31-14-6-2-7-15-31)26-27-42(45(37)38)49-44(36)29-34/h1-29H. The minimum atomic E-state index is 0.836. The molecule has 49 heavy (non-hydrogen) atoms. The van der Waals surface area contributed by atoms with E-state index in [1.807, 2.05) is 6.07 Å². The van der Waals surface area contributed by atoms with E-state index in [0.29, 0.717) is 0 Å². The Balaban J connectivity index is 1.14. The van der Waals surface area contributed by atoms with Crippen LogP contribution >= 0.6 is 0 Å². The summed E-state index contributed by atoms with van der Waals surface area (Å²) in [6.07, 6.45) is 0. The number of hydrogen-bond donors (Lipinski definition) is 0. The van der Waals surface area contributed by atoms with Gasteiger partial charge >= 0.3 is 0 Å². The predicted octanol–water partition coefficient (Wildman–Crippen LogP) is 13.3. The van der Waals surface area contributed by atoms with Crippen molar-refractivity contribution in [2.75, 3.05) is 4.90 Å². The van der Waals surface area contributed by atoms with Crippen molar-refractivity contribution in [2.45, 2.75) is 0 Å². The van der Waals surface area contributed by atoms with Crippen molar-refractivity contribution in [3.8, 4) is 44.9 Å². The molecule has 1 aliphatic heterocycles. The molecule has 3 nitrogen and oxygen atoms in total. The van der Waals surface area contributed by atoms with Gasteiger partial charge in [0, 0.05) is 33.8 Å². The van der Waals surface area contributed by atoms with Crippen LogP contribution in [0, 0.1) is 0 Å². The summed E-state index contributed by atoms with van der Waals surface area (Å²) in [5.74, 6) is 1.71. The number of hydrogen-bond acceptors (Lipinski definition) is 3. The van der Waals surface area contributed by atoms with Crippen molar-refractivity contribution in [3.63, 3.8) is 0 Å². The summed E-state index contributed by atoms with van der Waals surface area (Å²) in [4.78, 5) is 2.31. The molecule has 0 saturated carbocycles. The van der Waals surface area contributed by atoms with Gasteiger partial charge in [0.1, 0.15) is 22.7 Å². The fourth-order valence-electron chi connectivity index (χ4n) is 7.44. The monoisotopic (exact) mass is 627 g/mol. The largest absolute Gasteiger partial charge is 0.456 e. The van der Waals surface area contributed by atoms with E-state index in [0.717, 1.165) is 67.0 Å². The van der Waals surface area contributed by atoms with Crippen molar-refractivity contribution < 1.29 is 9.15 Å². The first kappa shape index (κ1) is 27.5. The number of fused-ring (bicyclic) bond motifs is 5. The van der Waals surface area contributed by atoms with Crippen LogP contribution in [0.2, 0.25) is 0 Å². The Hall–Kier alpha value is -6.58. The van der Waals surface area contributed by atoms with Crippen molar-refractivity contribution in [1.29, 1.82) is 0 Å². The lowest BCUT2D eigenvalue weighted by Gasteiger charge is -2.28. The summed E-state index contributed by atoms with van der Waals surface area (Å²) >= 11 is 0. The molecule has 10 rings (SSSR count). The number of furan rings is 1. The third kappa shape index (κ3) is 4.44. The highest BCUT2D eigenvalue weighted by Gasteiger charge is 2.25. The highest BCUT2D eigenvalue weighted by molar-refractivity contribution is 6.14. The van der Waals surface area contributed by atoms with E-state index in [1.54, 1.807) is 0 Å². The Bertz CT molecular complexity index is 2680. The fourth-order valence-corrected chi connectivity index (χ4v) is 7.44. The minimum Gasteiger partial charge on any atom is -0.456 e. The van der Waals surface area contributed by atoms with Crippen LogP contribution in [0.5, 0.6) is 11.5 Å². The van der Waals surface area contributed by atoms with Gasteiger partial charge in [-0.2, -0.15) is 0 Å². The van der Waals surface area contributed by atoms with Crippen LogP contribution in [0.1, 0.15) is 0 Å². The second-order valence-electron chi connectivity index (χ2n) is 12.5. The molecule has 0 radical (unpaired) electrons. The van der Waals surface area contributed by atoms with Gasteiger partial charge in [-0.1, -0.05) is 115 Å². The summed E-state index contributed by atoms with van der Waals surface area (Å²) in [5, 5.41) is 4.49. The summed E-state index contributed by atoms with van der Waals surface area (Å²) < 4.78 is 13.3. The summed E-state index contributed by atoms with van der Waals surface area (Å²) in [6.45, 7) is 0. The molecule has 0 aliphatic carbocycles. The maximum Gasteiger partial charge on any atom is 0.137 e. The summed E-state index contributed by atoms with van der Waals surface area (Å²) in [6, 6.07) is 61.8. The first-order valence-corrected chi connectivity index (χ1v) is 16.6. The van der Waals surface area contributed by atoms with Crippen LogP contribution in [-0.4, -0.2) is 0 Å². The first-order valence-electron chi connectivity index (χ1n) is 16.6. The van der Waals surface area contributed by atoms with Crippen LogP contribution in [0.3, 0.4) is 0 Å². The normalized spacial score (nSPS) is 11.8. The molecular weight excluding hydrogens is 599 g/mol. The van der Waals surface area contributed by atoms with Crippen molar-refractivity contribution >= 4 is 49.8 Å². The zero-order chi connectivity index (χ0) is 32.3. The van der Waals surface area contributed by atoms with Gasteiger partial charge in [0.05, 0.1) is 11.1 Å². The van der Waals surface area contributed by atoms with E-state index < -0.39 is 0 Å². The molecule has 1 aromatic heterocycles. The lowest BCUT2D eigenvalue weighted by Crippen LogP contribution is -2.11. The SMILES string of the molecule is c1ccc(-c2ccc3c(c2)oc2cccc(N(c4ccccc4)c4ccc5c(c4)Oc4ccc(-c6ccccc6)c6cccc-5c46)c23)cc1. The molecule has 0 bridgehead atoms. The van der Waals surface area contributed by atoms with E-state index in [1.165, 1.54) is 27.6 Å². The number of para-hydroxylation sites is 1. The van der Waals surface area contributed by atoms with Gasteiger partial charge in [-0.15, -0.1) is 0 Å². The second kappa shape index (κ2) is 11.0. The zero-order valence-corrected chi connectivity index (χ0v) is 26.5. The highest BCUT2D eigenvalue weighted by Crippen LogP contribution is 2.51. The molecule has 0 unspecified atom stereocenters. The maximum atomic E-state index is 6.76. The van der Waals surface area contributed by atoms with Crippen LogP contribution < -0.4 is 9.64 Å². The van der Waals surface area contributed by atoms with Gasteiger partial charge in [0.15, 0.2) is 0 Å². The third-order valence-electron chi connectivity index (χ3n) is 9.66. The van der Waals surface area contributed by atoms with Crippen LogP contribution in [-0.2, 0) is 0 Å².